The summed E-state index contributed by atoms with van der Waals surface area (Å²) in [6, 6.07) is -0.708. The van der Waals surface area contributed by atoms with Crippen molar-refractivity contribution in [2.45, 2.75) is 224 Å². The largest absolute Gasteiger partial charge is 0.394 e. The summed E-state index contributed by atoms with van der Waals surface area (Å²) in [7, 11) is 0. The molecule has 47 heavy (non-hydrogen) atoms. The maximum atomic E-state index is 12.9. The first-order chi connectivity index (χ1) is 22.8. The third kappa shape index (κ3) is 21.8. The Labute approximate surface area is 287 Å². The van der Waals surface area contributed by atoms with Crippen LogP contribution >= 0.6 is 0 Å². The molecule has 0 aromatic heterocycles. The van der Waals surface area contributed by atoms with E-state index >= 15 is 0 Å². The van der Waals surface area contributed by atoms with E-state index in [1.165, 1.54) is 116 Å². The molecule has 1 amide bonds. The monoisotopic (exact) mass is 674 g/mol. The summed E-state index contributed by atoms with van der Waals surface area (Å²) in [5.74, 6) is -0.146. The number of aliphatic hydroxyl groups is 5. The van der Waals surface area contributed by atoms with Gasteiger partial charge in [0.15, 0.2) is 6.29 Å². The standard InChI is InChI=1S/C38H75NO8/c1-3-5-7-9-11-13-15-16-18-19-21-23-25-27-32(41)31(30-46-38-37(45)36(44)35(43)33(29-40)47-38)39-34(42)28-26-24-22-20-17-14-12-10-8-6-4-2/h31-33,35-38,40-41,43-45H,3-30H2,1-2H3,(H,39,42)/t31-,32-,33-,35-,36+,37-,38-/m1/s1. The van der Waals surface area contributed by atoms with E-state index < -0.39 is 49.5 Å². The molecule has 9 heteroatoms. The van der Waals surface area contributed by atoms with E-state index in [-0.39, 0.29) is 12.5 Å². The Balaban J connectivity index is 2.41. The van der Waals surface area contributed by atoms with Crippen LogP contribution in [0.2, 0.25) is 0 Å². The van der Waals surface area contributed by atoms with Crippen LogP contribution in [0.15, 0.2) is 0 Å². The molecule has 1 aliphatic heterocycles. The van der Waals surface area contributed by atoms with E-state index in [1.807, 2.05) is 0 Å². The lowest BCUT2D eigenvalue weighted by atomic mass is 9.99. The second-order valence-corrected chi connectivity index (χ2v) is 14.1. The third-order valence-electron chi connectivity index (χ3n) is 9.71. The predicted octanol–water partition coefficient (Wildman–Crippen LogP) is 6.83. The van der Waals surface area contributed by atoms with Crippen molar-refractivity contribution in [3.8, 4) is 0 Å². The number of nitrogens with one attached hydrogen (secondary N) is 1. The molecule has 6 N–H and O–H groups in total. The molecule has 0 aromatic rings. The van der Waals surface area contributed by atoms with Crippen molar-refractivity contribution < 1.29 is 39.8 Å². The van der Waals surface area contributed by atoms with Crippen LogP contribution in [0, 0.1) is 0 Å². The number of carbonyl (C=O) groups excluding carboxylic acids is 1. The topological polar surface area (TPSA) is 149 Å². The summed E-state index contributed by atoms with van der Waals surface area (Å²) in [5, 5.41) is 54.0. The van der Waals surface area contributed by atoms with E-state index in [2.05, 4.69) is 19.2 Å². The average Bonchev–Trinajstić information content (AvgIpc) is 3.07. The normalized spacial score (nSPS) is 22.7. The number of unbranched alkanes of at least 4 members (excludes halogenated alkanes) is 22. The smallest absolute Gasteiger partial charge is 0.220 e. The Bertz CT molecular complexity index is 711. The molecule has 1 heterocycles. The summed E-state index contributed by atoms with van der Waals surface area (Å²) in [6.45, 7) is 3.81. The van der Waals surface area contributed by atoms with E-state index in [0.717, 1.165) is 38.5 Å². The van der Waals surface area contributed by atoms with E-state index in [4.69, 9.17) is 9.47 Å². The van der Waals surface area contributed by atoms with Crippen LogP contribution in [0.3, 0.4) is 0 Å². The molecule has 0 bridgehead atoms. The lowest BCUT2D eigenvalue weighted by Gasteiger charge is -2.40. The Hall–Kier alpha value is -0.810. The maximum absolute atomic E-state index is 12.9. The number of amides is 1. The van der Waals surface area contributed by atoms with Gasteiger partial charge in [-0.1, -0.05) is 162 Å². The quantitative estimate of drug-likeness (QED) is 0.0426. The van der Waals surface area contributed by atoms with Gasteiger partial charge < -0.3 is 40.3 Å². The SMILES string of the molecule is CCCCCCCCCCCCCCC[C@@H](O)[C@@H](CO[C@@H]1O[C@H](CO)[C@@H](O)[C@H](O)[C@H]1O)NC(=O)CCCCCCCCCCCCC. The molecule has 0 aromatic carbocycles. The summed E-state index contributed by atoms with van der Waals surface area (Å²) < 4.78 is 11.2. The zero-order chi connectivity index (χ0) is 34.5. The van der Waals surface area contributed by atoms with Crippen molar-refractivity contribution >= 4 is 5.91 Å². The number of hydrogen-bond acceptors (Lipinski definition) is 8. The predicted molar refractivity (Wildman–Crippen MR) is 189 cm³/mol. The van der Waals surface area contributed by atoms with Crippen LogP contribution < -0.4 is 5.32 Å². The van der Waals surface area contributed by atoms with Gasteiger partial charge in [-0.25, -0.2) is 0 Å². The van der Waals surface area contributed by atoms with Gasteiger partial charge in [0.2, 0.25) is 5.91 Å². The number of hydrogen-bond donors (Lipinski definition) is 6. The first-order valence-electron chi connectivity index (χ1n) is 19.7. The lowest BCUT2D eigenvalue weighted by Crippen LogP contribution is -2.60. The molecular weight excluding hydrogens is 598 g/mol. The average molecular weight is 674 g/mol. The maximum Gasteiger partial charge on any atom is 0.220 e. The van der Waals surface area contributed by atoms with Crippen molar-refractivity contribution in [3.05, 3.63) is 0 Å². The molecule has 1 aliphatic rings. The fourth-order valence-corrected chi connectivity index (χ4v) is 6.45. The molecule has 1 fully saturated rings. The molecule has 7 atom stereocenters. The van der Waals surface area contributed by atoms with Crippen LogP contribution in [0.4, 0.5) is 0 Å². The Morgan fingerprint density at radius 3 is 1.51 bits per heavy atom. The highest BCUT2D eigenvalue weighted by Gasteiger charge is 2.44. The second-order valence-electron chi connectivity index (χ2n) is 14.1. The summed E-state index contributed by atoms with van der Waals surface area (Å²) in [4.78, 5) is 12.9. The fraction of sp³-hybridized carbons (Fsp3) is 0.974. The van der Waals surface area contributed by atoms with Gasteiger partial charge >= 0.3 is 0 Å². The molecule has 0 spiro atoms. The number of rotatable bonds is 32. The van der Waals surface area contributed by atoms with Gasteiger partial charge in [-0.15, -0.1) is 0 Å². The second kappa shape index (κ2) is 30.1. The Kier molecular flexibility index (Phi) is 28.3. The molecule has 280 valence electrons. The van der Waals surface area contributed by atoms with Crippen LogP contribution in [0.5, 0.6) is 0 Å². The highest BCUT2D eigenvalue weighted by molar-refractivity contribution is 5.76. The first kappa shape index (κ1) is 44.2. The molecule has 0 unspecified atom stereocenters. The van der Waals surface area contributed by atoms with Crippen LogP contribution in [-0.2, 0) is 14.3 Å². The highest BCUT2D eigenvalue weighted by atomic mass is 16.7. The molecule has 1 rings (SSSR count). The first-order valence-corrected chi connectivity index (χ1v) is 19.7. The van der Waals surface area contributed by atoms with Gasteiger partial charge in [-0.3, -0.25) is 4.79 Å². The summed E-state index contributed by atoms with van der Waals surface area (Å²) in [6.07, 6.45) is 22.5. The minimum Gasteiger partial charge on any atom is -0.394 e. The van der Waals surface area contributed by atoms with Crippen LogP contribution in [-0.4, -0.2) is 87.5 Å². The Morgan fingerprint density at radius 1 is 0.638 bits per heavy atom. The zero-order valence-electron chi connectivity index (χ0n) is 30.3. The van der Waals surface area contributed by atoms with Crippen molar-refractivity contribution in [1.29, 1.82) is 0 Å². The summed E-state index contributed by atoms with van der Waals surface area (Å²) >= 11 is 0. The van der Waals surface area contributed by atoms with Crippen LogP contribution in [0.25, 0.3) is 0 Å². The van der Waals surface area contributed by atoms with Crippen molar-refractivity contribution in [1.82, 2.24) is 5.32 Å². The van der Waals surface area contributed by atoms with Gasteiger partial charge in [0.1, 0.15) is 24.4 Å². The van der Waals surface area contributed by atoms with E-state index in [1.54, 1.807) is 0 Å². The van der Waals surface area contributed by atoms with Crippen molar-refractivity contribution in [3.63, 3.8) is 0 Å². The number of carbonyl (C=O) groups is 1. The molecular formula is C38H75NO8. The van der Waals surface area contributed by atoms with Crippen molar-refractivity contribution in [2.75, 3.05) is 13.2 Å². The van der Waals surface area contributed by atoms with E-state index in [0.29, 0.717) is 12.8 Å². The fourth-order valence-electron chi connectivity index (χ4n) is 6.45. The molecule has 0 saturated carbocycles. The van der Waals surface area contributed by atoms with Gasteiger partial charge in [-0.05, 0) is 12.8 Å². The summed E-state index contributed by atoms with van der Waals surface area (Å²) in [5.41, 5.74) is 0. The van der Waals surface area contributed by atoms with Crippen LogP contribution in [0.1, 0.15) is 181 Å². The zero-order valence-corrected chi connectivity index (χ0v) is 30.3. The van der Waals surface area contributed by atoms with Gasteiger partial charge in [0.25, 0.3) is 0 Å². The highest BCUT2D eigenvalue weighted by Crippen LogP contribution is 2.23. The number of aliphatic hydroxyl groups excluding tert-OH is 5. The lowest BCUT2D eigenvalue weighted by molar-refractivity contribution is -0.302. The third-order valence-corrected chi connectivity index (χ3v) is 9.71. The molecule has 9 nitrogen and oxygen atoms in total. The minimum atomic E-state index is -1.55. The molecule has 0 radical (unpaired) electrons. The van der Waals surface area contributed by atoms with E-state index in [9.17, 15) is 30.3 Å². The molecule has 0 aliphatic carbocycles. The van der Waals surface area contributed by atoms with Gasteiger partial charge in [0.05, 0.1) is 25.4 Å². The van der Waals surface area contributed by atoms with Crippen molar-refractivity contribution in [2.24, 2.45) is 0 Å². The number of ether oxygens (including phenoxy) is 2. The van der Waals surface area contributed by atoms with Gasteiger partial charge in [0, 0.05) is 6.42 Å². The Morgan fingerprint density at radius 2 is 1.06 bits per heavy atom. The van der Waals surface area contributed by atoms with Gasteiger partial charge in [-0.2, -0.15) is 0 Å². The molecule has 1 saturated heterocycles. The minimum absolute atomic E-state index is 0.133.